The third-order valence-electron chi connectivity index (χ3n) is 3.50. The predicted octanol–water partition coefficient (Wildman–Crippen LogP) is 3.11. The molecule has 1 aromatic carbocycles. The van der Waals surface area contributed by atoms with Crippen LogP contribution in [0, 0.1) is 0 Å². The highest BCUT2D eigenvalue weighted by molar-refractivity contribution is 6.29. The van der Waals surface area contributed by atoms with E-state index >= 15 is 0 Å². The molecule has 0 atom stereocenters. The van der Waals surface area contributed by atoms with Crippen LogP contribution in [-0.2, 0) is 4.79 Å². The highest BCUT2D eigenvalue weighted by Gasteiger charge is 2.21. The van der Waals surface area contributed by atoms with Crippen molar-refractivity contribution in [1.82, 2.24) is 4.98 Å². The topological polar surface area (TPSA) is 62.3 Å². The van der Waals surface area contributed by atoms with Crippen LogP contribution in [0.4, 0.5) is 11.4 Å². The number of rotatable bonds is 3. The van der Waals surface area contributed by atoms with Gasteiger partial charge in [-0.15, -0.1) is 0 Å². The van der Waals surface area contributed by atoms with Crippen LogP contribution in [0.3, 0.4) is 0 Å². The highest BCUT2D eigenvalue weighted by Crippen LogP contribution is 2.23. The molecular formula is C16H14ClN3O2. The molecule has 0 spiro atoms. The van der Waals surface area contributed by atoms with Crippen molar-refractivity contribution in [3.63, 3.8) is 0 Å². The predicted molar refractivity (Wildman–Crippen MR) is 85.2 cm³/mol. The molecule has 1 N–H and O–H groups in total. The van der Waals surface area contributed by atoms with Crippen LogP contribution in [0.1, 0.15) is 23.2 Å². The van der Waals surface area contributed by atoms with E-state index in [-0.39, 0.29) is 11.8 Å². The highest BCUT2D eigenvalue weighted by atomic mass is 35.5. The van der Waals surface area contributed by atoms with Gasteiger partial charge in [-0.3, -0.25) is 9.59 Å². The molecule has 1 aliphatic heterocycles. The lowest BCUT2D eigenvalue weighted by atomic mass is 10.2. The minimum absolute atomic E-state index is 0.143. The Bertz CT molecular complexity index is 698. The van der Waals surface area contributed by atoms with Crippen molar-refractivity contribution in [2.75, 3.05) is 16.8 Å². The number of nitrogens with one attached hydrogen (secondary N) is 1. The SMILES string of the molecule is O=C(Nc1ccc(N2CCCC2=O)cc1)c1ccc(Cl)nc1. The van der Waals surface area contributed by atoms with E-state index in [2.05, 4.69) is 10.3 Å². The maximum Gasteiger partial charge on any atom is 0.257 e. The summed E-state index contributed by atoms with van der Waals surface area (Å²) in [6.07, 6.45) is 2.91. The number of hydrogen-bond acceptors (Lipinski definition) is 3. The third-order valence-corrected chi connectivity index (χ3v) is 3.72. The maximum absolute atomic E-state index is 12.1. The Morgan fingerprint density at radius 2 is 1.95 bits per heavy atom. The van der Waals surface area contributed by atoms with E-state index in [1.807, 2.05) is 12.1 Å². The molecule has 22 heavy (non-hydrogen) atoms. The number of nitrogens with zero attached hydrogens (tertiary/aromatic N) is 2. The Morgan fingerprint density at radius 3 is 2.55 bits per heavy atom. The fraction of sp³-hybridized carbons (Fsp3) is 0.188. The quantitative estimate of drug-likeness (QED) is 0.885. The number of benzene rings is 1. The Kier molecular flexibility index (Phi) is 4.06. The van der Waals surface area contributed by atoms with E-state index in [1.54, 1.807) is 29.2 Å². The van der Waals surface area contributed by atoms with Crippen molar-refractivity contribution >= 4 is 34.8 Å². The molecule has 0 saturated carbocycles. The lowest BCUT2D eigenvalue weighted by molar-refractivity contribution is -0.117. The van der Waals surface area contributed by atoms with Gasteiger partial charge in [0.05, 0.1) is 5.56 Å². The first-order valence-electron chi connectivity index (χ1n) is 6.97. The van der Waals surface area contributed by atoms with Crippen molar-refractivity contribution < 1.29 is 9.59 Å². The zero-order valence-corrected chi connectivity index (χ0v) is 12.5. The average Bonchev–Trinajstić information content (AvgIpc) is 2.95. The summed E-state index contributed by atoms with van der Waals surface area (Å²) < 4.78 is 0. The normalized spacial score (nSPS) is 14.2. The Hall–Kier alpha value is -2.40. The van der Waals surface area contributed by atoms with Gasteiger partial charge in [0.2, 0.25) is 5.91 Å². The van der Waals surface area contributed by atoms with Gasteiger partial charge in [0.1, 0.15) is 5.15 Å². The van der Waals surface area contributed by atoms with Gasteiger partial charge in [0, 0.05) is 30.5 Å². The second-order valence-corrected chi connectivity index (χ2v) is 5.41. The number of hydrogen-bond donors (Lipinski definition) is 1. The zero-order chi connectivity index (χ0) is 15.5. The fourth-order valence-electron chi connectivity index (χ4n) is 2.36. The lowest BCUT2D eigenvalue weighted by Gasteiger charge is -2.16. The van der Waals surface area contributed by atoms with Crippen LogP contribution in [-0.4, -0.2) is 23.3 Å². The van der Waals surface area contributed by atoms with E-state index in [0.29, 0.717) is 22.8 Å². The van der Waals surface area contributed by atoms with E-state index in [0.717, 1.165) is 18.7 Å². The van der Waals surface area contributed by atoms with Crippen LogP contribution in [0.5, 0.6) is 0 Å². The summed E-state index contributed by atoms with van der Waals surface area (Å²) in [5.74, 6) is -0.113. The van der Waals surface area contributed by atoms with Gasteiger partial charge in [-0.2, -0.15) is 0 Å². The summed E-state index contributed by atoms with van der Waals surface area (Å²) in [6, 6.07) is 10.4. The van der Waals surface area contributed by atoms with Gasteiger partial charge in [0.15, 0.2) is 0 Å². The monoisotopic (exact) mass is 315 g/mol. The van der Waals surface area contributed by atoms with Gasteiger partial charge >= 0.3 is 0 Å². The van der Waals surface area contributed by atoms with Gasteiger partial charge in [0.25, 0.3) is 5.91 Å². The molecule has 1 aromatic heterocycles. The van der Waals surface area contributed by atoms with Gasteiger partial charge in [-0.1, -0.05) is 11.6 Å². The summed E-state index contributed by atoms with van der Waals surface area (Å²) in [5, 5.41) is 3.12. The molecule has 2 heterocycles. The van der Waals surface area contributed by atoms with Crippen molar-refractivity contribution in [2.45, 2.75) is 12.8 Å². The molecule has 112 valence electrons. The smallest absolute Gasteiger partial charge is 0.257 e. The van der Waals surface area contributed by atoms with Crippen LogP contribution in [0.15, 0.2) is 42.6 Å². The lowest BCUT2D eigenvalue weighted by Crippen LogP contribution is -2.23. The number of anilines is 2. The third kappa shape index (κ3) is 3.09. The number of aromatic nitrogens is 1. The zero-order valence-electron chi connectivity index (χ0n) is 11.8. The maximum atomic E-state index is 12.1. The van der Waals surface area contributed by atoms with E-state index in [9.17, 15) is 9.59 Å². The Morgan fingerprint density at radius 1 is 1.18 bits per heavy atom. The second-order valence-electron chi connectivity index (χ2n) is 5.02. The Labute approximate surface area is 132 Å². The average molecular weight is 316 g/mol. The molecule has 0 aliphatic carbocycles. The first-order valence-corrected chi connectivity index (χ1v) is 7.34. The minimum atomic E-state index is -0.255. The van der Waals surface area contributed by atoms with Crippen LogP contribution in [0.2, 0.25) is 5.15 Å². The largest absolute Gasteiger partial charge is 0.322 e. The van der Waals surface area contributed by atoms with Crippen molar-refractivity contribution in [1.29, 1.82) is 0 Å². The molecule has 0 radical (unpaired) electrons. The number of carbonyl (C=O) groups excluding carboxylic acids is 2. The molecule has 5 nitrogen and oxygen atoms in total. The number of halogens is 1. The summed E-state index contributed by atoms with van der Waals surface area (Å²) in [7, 11) is 0. The van der Waals surface area contributed by atoms with Crippen molar-refractivity contribution in [2.24, 2.45) is 0 Å². The van der Waals surface area contributed by atoms with Crippen LogP contribution >= 0.6 is 11.6 Å². The number of carbonyl (C=O) groups is 2. The molecular weight excluding hydrogens is 302 g/mol. The molecule has 1 fully saturated rings. The minimum Gasteiger partial charge on any atom is -0.322 e. The summed E-state index contributed by atoms with van der Waals surface area (Å²) in [4.78, 5) is 29.4. The molecule has 1 aliphatic rings. The van der Waals surface area contributed by atoms with Crippen LogP contribution in [0.25, 0.3) is 0 Å². The van der Waals surface area contributed by atoms with Gasteiger partial charge < -0.3 is 10.2 Å². The first-order chi connectivity index (χ1) is 10.6. The van der Waals surface area contributed by atoms with Gasteiger partial charge in [-0.05, 0) is 42.8 Å². The van der Waals surface area contributed by atoms with Gasteiger partial charge in [-0.25, -0.2) is 4.98 Å². The fourth-order valence-corrected chi connectivity index (χ4v) is 2.47. The molecule has 1 saturated heterocycles. The Balaban J connectivity index is 1.69. The van der Waals surface area contributed by atoms with Crippen molar-refractivity contribution in [3.8, 4) is 0 Å². The summed E-state index contributed by atoms with van der Waals surface area (Å²) in [5.41, 5.74) is 1.95. The number of amides is 2. The number of pyridine rings is 1. The summed E-state index contributed by atoms with van der Waals surface area (Å²) in [6.45, 7) is 0.751. The molecule has 3 rings (SSSR count). The standard InChI is InChI=1S/C16H14ClN3O2/c17-14-8-3-11(10-18-14)16(22)19-12-4-6-13(7-5-12)20-9-1-2-15(20)21/h3-8,10H,1-2,9H2,(H,19,22). The van der Waals surface area contributed by atoms with E-state index < -0.39 is 0 Å². The summed E-state index contributed by atoms with van der Waals surface area (Å²) >= 11 is 5.69. The van der Waals surface area contributed by atoms with E-state index in [1.165, 1.54) is 6.20 Å². The molecule has 2 aromatic rings. The van der Waals surface area contributed by atoms with Crippen molar-refractivity contribution in [3.05, 3.63) is 53.3 Å². The first kappa shape index (κ1) is 14.5. The molecule has 0 bridgehead atoms. The van der Waals surface area contributed by atoms with Crippen LogP contribution < -0.4 is 10.2 Å². The van der Waals surface area contributed by atoms with E-state index in [4.69, 9.17) is 11.6 Å². The molecule has 2 amide bonds. The molecule has 6 heteroatoms. The second kappa shape index (κ2) is 6.15. The molecule has 0 unspecified atom stereocenters.